The molecule has 0 radical (unpaired) electrons. The maximum Gasteiger partial charge on any atom is 0.108 e. The fraction of sp³-hybridized carbons (Fsp3) is 0.200. The Bertz CT molecular complexity index is 268. The van der Waals surface area contributed by atoms with Gasteiger partial charge in [0, 0.05) is 11.7 Å². The molecule has 1 aromatic rings. The van der Waals surface area contributed by atoms with Crippen molar-refractivity contribution >= 4 is 12.2 Å². The lowest BCUT2D eigenvalue weighted by molar-refractivity contribution is 1.11. The van der Waals surface area contributed by atoms with Gasteiger partial charge in [-0.05, 0) is 6.92 Å². The molecule has 0 fully saturated rings. The van der Waals surface area contributed by atoms with E-state index in [1.54, 1.807) is 6.92 Å². The second kappa shape index (κ2) is 2.05. The Labute approximate surface area is 54.0 Å². The van der Waals surface area contributed by atoms with E-state index >= 15 is 0 Å². The molecule has 1 aromatic heterocycles. The molecule has 0 bridgehead atoms. The van der Waals surface area contributed by atoms with Gasteiger partial charge in [-0.2, -0.15) is 0 Å². The van der Waals surface area contributed by atoms with Crippen LogP contribution in [0.4, 0.5) is 0 Å². The molecule has 0 amide bonds. The lowest BCUT2D eigenvalue weighted by Gasteiger charge is -1.86. The van der Waals surface area contributed by atoms with Gasteiger partial charge in [-0.25, -0.2) is 4.98 Å². The van der Waals surface area contributed by atoms with Crippen LogP contribution in [-0.4, -0.2) is 9.97 Å². The van der Waals surface area contributed by atoms with Gasteiger partial charge in [0.25, 0.3) is 0 Å². The maximum absolute atomic E-state index is 7.16. The molecule has 0 saturated carbocycles. The second-order valence-corrected chi connectivity index (χ2v) is 1.88. The lowest BCUT2D eigenvalue weighted by Crippen LogP contribution is -1.79. The Morgan fingerprint density at radius 1 is 2.00 bits per heavy atom. The molecule has 1 N–H and O–H groups in total. The Kier molecular flexibility index (Phi) is 1.08. The van der Waals surface area contributed by atoms with Gasteiger partial charge in [-0.3, -0.25) is 0 Å². The van der Waals surface area contributed by atoms with Crippen LogP contribution in [0.2, 0.25) is 0 Å². The molecule has 0 atom stereocenters. The third kappa shape index (κ3) is 0.924. The molecular weight excluding hydrogens is 120 g/mol. The smallest absolute Gasteiger partial charge is 0.108 e. The summed E-state index contributed by atoms with van der Waals surface area (Å²) in [5.74, 6) is 0. The van der Waals surface area contributed by atoms with E-state index < -0.39 is 0 Å². The van der Waals surface area contributed by atoms with Crippen molar-refractivity contribution in [2.45, 2.75) is 6.92 Å². The largest absolute Gasteiger partial charge is 0.337 e. The molecule has 0 aliphatic heterocycles. The number of H-pyrrole nitrogens is 1. The molecule has 8 heavy (non-hydrogen) atoms. The summed E-state index contributed by atoms with van der Waals surface area (Å²) in [5.41, 5.74) is 0.729. The van der Waals surface area contributed by atoms with Gasteiger partial charge in [-0.1, -0.05) is 12.2 Å². The number of hydrogen-bond acceptors (Lipinski definition) is 2. The zero-order valence-electron chi connectivity index (χ0n) is 5.43. The van der Waals surface area contributed by atoms with E-state index in [0.717, 1.165) is 5.56 Å². The molecule has 0 aromatic carbocycles. The molecule has 42 valence electrons. The molecule has 0 saturated heterocycles. The molecular formula is C5H6N2S. The van der Waals surface area contributed by atoms with Crippen molar-refractivity contribution in [3.63, 3.8) is 0 Å². The third-order valence-electron chi connectivity index (χ3n) is 0.833. The van der Waals surface area contributed by atoms with Crippen LogP contribution in [0.5, 0.6) is 0 Å². The SMILES string of the molecule is [3H]c1nc[nH]c(=S)c1C. The zero-order chi connectivity index (χ0) is 6.85. The number of nitrogens with zero attached hydrogens (tertiary/aromatic N) is 1. The minimum atomic E-state index is 0.249. The van der Waals surface area contributed by atoms with Crippen molar-refractivity contribution in [2.75, 3.05) is 0 Å². The molecule has 1 rings (SSSR count). The average Bonchev–Trinajstić information content (AvgIpc) is 1.83. The maximum atomic E-state index is 7.16. The second-order valence-electron chi connectivity index (χ2n) is 1.47. The van der Waals surface area contributed by atoms with Gasteiger partial charge in [0.05, 0.1) is 7.70 Å². The van der Waals surface area contributed by atoms with Crippen LogP contribution in [0.1, 0.15) is 6.93 Å². The Morgan fingerprint density at radius 3 is 3.25 bits per heavy atom. The van der Waals surface area contributed by atoms with Gasteiger partial charge >= 0.3 is 0 Å². The van der Waals surface area contributed by atoms with Crippen LogP contribution in [-0.2, 0) is 0 Å². The highest BCUT2D eigenvalue weighted by Gasteiger charge is 1.80. The highest BCUT2D eigenvalue weighted by atomic mass is 32.1. The minimum absolute atomic E-state index is 0.249. The summed E-state index contributed by atoms with van der Waals surface area (Å²) in [6, 6.07) is 0. The van der Waals surface area contributed by atoms with Crippen molar-refractivity contribution in [1.29, 1.82) is 0 Å². The zero-order valence-corrected chi connectivity index (χ0v) is 5.25. The van der Waals surface area contributed by atoms with Crippen LogP contribution >= 0.6 is 12.2 Å². The van der Waals surface area contributed by atoms with Gasteiger partial charge in [0.2, 0.25) is 0 Å². The first kappa shape index (κ1) is 4.21. The minimum Gasteiger partial charge on any atom is -0.337 e. The van der Waals surface area contributed by atoms with Crippen molar-refractivity contribution in [1.82, 2.24) is 9.97 Å². The van der Waals surface area contributed by atoms with Crippen LogP contribution < -0.4 is 0 Å². The van der Waals surface area contributed by atoms with Crippen molar-refractivity contribution < 1.29 is 1.37 Å². The molecule has 0 unspecified atom stereocenters. The summed E-state index contributed by atoms with van der Waals surface area (Å²) in [7, 11) is 0. The van der Waals surface area contributed by atoms with E-state index in [1.165, 1.54) is 6.33 Å². The highest BCUT2D eigenvalue weighted by molar-refractivity contribution is 7.71. The quantitative estimate of drug-likeness (QED) is 0.536. The average molecular weight is 128 g/mol. The highest BCUT2D eigenvalue weighted by Crippen LogP contribution is 1.90. The summed E-state index contributed by atoms with van der Waals surface area (Å²) in [4.78, 5) is 6.41. The van der Waals surface area contributed by atoms with Crippen LogP contribution in [0.3, 0.4) is 0 Å². The van der Waals surface area contributed by atoms with E-state index in [4.69, 9.17) is 13.6 Å². The van der Waals surface area contributed by atoms with E-state index in [-0.39, 0.29) is 6.17 Å². The van der Waals surface area contributed by atoms with Crippen LogP contribution in [0, 0.1) is 11.6 Å². The van der Waals surface area contributed by atoms with Gasteiger partial charge in [-0.15, -0.1) is 0 Å². The monoisotopic (exact) mass is 128 g/mol. The third-order valence-corrected chi connectivity index (χ3v) is 1.26. The molecule has 3 heteroatoms. The molecule has 1 heterocycles. The van der Waals surface area contributed by atoms with E-state index in [1.807, 2.05) is 0 Å². The fourth-order valence-corrected chi connectivity index (χ4v) is 0.477. The predicted octanol–water partition coefficient (Wildman–Crippen LogP) is 1.45. The molecule has 2 nitrogen and oxygen atoms in total. The standard InChI is InChI=1S/C5H6N2S/c1-4-2-6-3-7-5(4)8/h2-3H,1H3,(H,6,7,8)/i2T. The number of nitrogens with one attached hydrogen (secondary N) is 1. The first-order chi connectivity index (χ1) is 4.22. The van der Waals surface area contributed by atoms with E-state index in [9.17, 15) is 0 Å². The van der Waals surface area contributed by atoms with Crippen LogP contribution in [0.15, 0.2) is 12.5 Å². The topological polar surface area (TPSA) is 28.7 Å². The summed E-state index contributed by atoms with van der Waals surface area (Å²) < 4.78 is 7.76. The Hall–Kier alpha value is -0.700. The van der Waals surface area contributed by atoms with Gasteiger partial charge in [0.1, 0.15) is 4.64 Å². The summed E-state index contributed by atoms with van der Waals surface area (Å²) >= 11 is 4.83. The number of rotatable bonds is 0. The van der Waals surface area contributed by atoms with E-state index in [0.29, 0.717) is 4.64 Å². The van der Waals surface area contributed by atoms with E-state index in [2.05, 4.69) is 9.97 Å². The van der Waals surface area contributed by atoms with Crippen molar-refractivity contribution in [2.24, 2.45) is 0 Å². The van der Waals surface area contributed by atoms with Crippen molar-refractivity contribution in [3.05, 3.63) is 22.7 Å². The van der Waals surface area contributed by atoms with Crippen LogP contribution in [0.25, 0.3) is 0 Å². The first-order valence-electron chi connectivity index (χ1n) is 2.72. The molecule has 0 aliphatic carbocycles. The van der Waals surface area contributed by atoms with Gasteiger partial charge < -0.3 is 4.98 Å². The van der Waals surface area contributed by atoms with Gasteiger partial charge in [0.15, 0.2) is 0 Å². The number of aromatic amines is 1. The Morgan fingerprint density at radius 2 is 2.75 bits per heavy atom. The summed E-state index contributed by atoms with van der Waals surface area (Å²) in [6.45, 7) is 1.77. The molecule has 0 spiro atoms. The summed E-state index contributed by atoms with van der Waals surface area (Å²) in [5, 5.41) is 0. The molecule has 0 aliphatic rings. The number of aromatic nitrogens is 2. The number of hydrogen-bond donors (Lipinski definition) is 1. The predicted molar refractivity (Wildman–Crippen MR) is 34.2 cm³/mol. The first-order valence-corrected chi connectivity index (χ1v) is 2.63. The summed E-state index contributed by atoms with van der Waals surface area (Å²) in [6.07, 6.45) is 1.68. The lowest BCUT2D eigenvalue weighted by atomic mass is 10.4. The fourth-order valence-electron chi connectivity index (χ4n) is 0.379. The Balaban J connectivity index is 3.43. The normalized spacial score (nSPS) is 10.9. The van der Waals surface area contributed by atoms with Crippen molar-refractivity contribution in [3.8, 4) is 0 Å².